The molecular weight excluding hydrogens is 216 g/mol. The Labute approximate surface area is 103 Å². The number of hydrogen-bond donors (Lipinski definition) is 1. The maximum absolute atomic E-state index is 12.2. The van der Waals surface area contributed by atoms with Gasteiger partial charge in [-0.3, -0.25) is 9.48 Å². The van der Waals surface area contributed by atoms with Crippen molar-refractivity contribution in [2.45, 2.75) is 40.2 Å². The van der Waals surface area contributed by atoms with Gasteiger partial charge in [-0.2, -0.15) is 5.10 Å². The van der Waals surface area contributed by atoms with Crippen molar-refractivity contribution in [3.05, 3.63) is 11.9 Å². The van der Waals surface area contributed by atoms with Crippen molar-refractivity contribution < 1.29 is 4.79 Å². The maximum Gasteiger partial charge on any atom is 0.276 e. The van der Waals surface area contributed by atoms with E-state index in [0.29, 0.717) is 11.4 Å². The number of amides is 1. The zero-order valence-electron chi connectivity index (χ0n) is 10.9. The molecule has 1 aromatic rings. The molecule has 5 nitrogen and oxygen atoms in total. The monoisotopic (exact) mass is 238 g/mol. The predicted octanol–water partition coefficient (Wildman–Crippen LogP) is 1.75. The summed E-state index contributed by atoms with van der Waals surface area (Å²) in [5.74, 6) is -0.0570. The zero-order chi connectivity index (χ0) is 12.8. The van der Waals surface area contributed by atoms with Crippen LogP contribution >= 0.6 is 0 Å². The van der Waals surface area contributed by atoms with Crippen LogP contribution in [0.15, 0.2) is 6.20 Å². The van der Waals surface area contributed by atoms with Crippen molar-refractivity contribution in [1.29, 1.82) is 0 Å². The van der Waals surface area contributed by atoms with Crippen molar-refractivity contribution in [2.24, 2.45) is 0 Å². The third-order valence-electron chi connectivity index (χ3n) is 2.59. The molecular formula is C12H22N4O. The number of nitrogens with two attached hydrogens (primary N) is 1. The smallest absolute Gasteiger partial charge is 0.276 e. The number of anilines is 1. The molecule has 1 rings (SSSR count). The molecule has 0 atom stereocenters. The maximum atomic E-state index is 12.2. The van der Waals surface area contributed by atoms with E-state index >= 15 is 0 Å². The molecule has 2 N–H and O–H groups in total. The molecule has 0 saturated carbocycles. The van der Waals surface area contributed by atoms with Crippen LogP contribution in [0.3, 0.4) is 0 Å². The first-order valence-corrected chi connectivity index (χ1v) is 6.26. The number of carbonyl (C=O) groups excluding carboxylic acids is 1. The van der Waals surface area contributed by atoms with E-state index in [1.165, 1.54) is 0 Å². The van der Waals surface area contributed by atoms with Crippen LogP contribution in [0.4, 0.5) is 5.69 Å². The van der Waals surface area contributed by atoms with Crippen molar-refractivity contribution in [3.63, 3.8) is 0 Å². The van der Waals surface area contributed by atoms with Crippen LogP contribution in [-0.4, -0.2) is 33.7 Å². The normalized spacial score (nSPS) is 10.5. The van der Waals surface area contributed by atoms with Crippen LogP contribution in [0, 0.1) is 0 Å². The SMILES string of the molecule is CCCN(CCC)C(=O)c1nn(CC)cc1N. The second kappa shape index (κ2) is 6.27. The Morgan fingerprint density at radius 3 is 2.35 bits per heavy atom. The van der Waals surface area contributed by atoms with Crippen molar-refractivity contribution in [1.82, 2.24) is 14.7 Å². The number of aryl methyl sites for hydroxylation is 1. The summed E-state index contributed by atoms with van der Waals surface area (Å²) in [6.07, 6.45) is 3.60. The number of nitrogens with zero attached hydrogens (tertiary/aromatic N) is 3. The van der Waals surface area contributed by atoms with Gasteiger partial charge in [-0.05, 0) is 19.8 Å². The summed E-state index contributed by atoms with van der Waals surface area (Å²) in [6, 6.07) is 0. The molecule has 17 heavy (non-hydrogen) atoms. The predicted molar refractivity (Wildman–Crippen MR) is 68.8 cm³/mol. The van der Waals surface area contributed by atoms with Crippen molar-refractivity contribution in [3.8, 4) is 0 Å². The van der Waals surface area contributed by atoms with E-state index in [1.54, 1.807) is 10.9 Å². The molecule has 1 aromatic heterocycles. The summed E-state index contributed by atoms with van der Waals surface area (Å²) in [6.45, 7) is 8.32. The average molecular weight is 238 g/mol. The fourth-order valence-electron chi connectivity index (χ4n) is 1.77. The number of rotatable bonds is 6. The second-order valence-electron chi connectivity index (χ2n) is 4.08. The number of hydrogen-bond acceptors (Lipinski definition) is 3. The summed E-state index contributed by atoms with van der Waals surface area (Å²) in [5.41, 5.74) is 6.67. The van der Waals surface area contributed by atoms with E-state index in [1.807, 2.05) is 11.8 Å². The van der Waals surface area contributed by atoms with E-state index in [9.17, 15) is 4.79 Å². The third-order valence-corrected chi connectivity index (χ3v) is 2.59. The fraction of sp³-hybridized carbons (Fsp3) is 0.667. The lowest BCUT2D eigenvalue weighted by Gasteiger charge is -2.20. The summed E-state index contributed by atoms with van der Waals surface area (Å²) >= 11 is 0. The Morgan fingerprint density at radius 2 is 1.94 bits per heavy atom. The Hall–Kier alpha value is -1.52. The molecule has 0 aliphatic carbocycles. The standard InChI is InChI=1S/C12H22N4O/c1-4-7-15(8-5-2)12(17)11-10(13)9-16(6-3)14-11/h9H,4-8,13H2,1-3H3. The Balaban J connectivity index is 2.87. The van der Waals surface area contributed by atoms with Gasteiger partial charge in [-0.1, -0.05) is 13.8 Å². The number of aromatic nitrogens is 2. The lowest BCUT2D eigenvalue weighted by Crippen LogP contribution is -2.33. The highest BCUT2D eigenvalue weighted by atomic mass is 16.2. The highest BCUT2D eigenvalue weighted by Crippen LogP contribution is 2.12. The zero-order valence-corrected chi connectivity index (χ0v) is 10.9. The van der Waals surface area contributed by atoms with Gasteiger partial charge >= 0.3 is 0 Å². The topological polar surface area (TPSA) is 64.2 Å². The number of carbonyl (C=O) groups is 1. The molecule has 0 bridgehead atoms. The fourth-order valence-corrected chi connectivity index (χ4v) is 1.77. The highest BCUT2D eigenvalue weighted by Gasteiger charge is 2.20. The highest BCUT2D eigenvalue weighted by molar-refractivity contribution is 5.97. The summed E-state index contributed by atoms with van der Waals surface area (Å²) in [7, 11) is 0. The summed E-state index contributed by atoms with van der Waals surface area (Å²) < 4.78 is 1.69. The average Bonchev–Trinajstić information content (AvgIpc) is 2.69. The minimum atomic E-state index is -0.0570. The van der Waals surface area contributed by atoms with Crippen molar-refractivity contribution >= 4 is 11.6 Å². The lowest BCUT2D eigenvalue weighted by molar-refractivity contribution is 0.0750. The van der Waals surface area contributed by atoms with Crippen LogP contribution in [0.25, 0.3) is 0 Å². The van der Waals surface area contributed by atoms with Gasteiger partial charge in [0.25, 0.3) is 5.91 Å². The first-order valence-electron chi connectivity index (χ1n) is 6.26. The lowest BCUT2D eigenvalue weighted by atomic mass is 10.3. The minimum Gasteiger partial charge on any atom is -0.396 e. The van der Waals surface area contributed by atoms with Gasteiger partial charge in [-0.15, -0.1) is 0 Å². The molecule has 0 aliphatic heterocycles. The first-order chi connectivity index (χ1) is 8.13. The Morgan fingerprint density at radius 1 is 1.35 bits per heavy atom. The van der Waals surface area contributed by atoms with Crippen LogP contribution in [0.2, 0.25) is 0 Å². The minimum absolute atomic E-state index is 0.0570. The number of nitrogen functional groups attached to an aromatic ring is 1. The van der Waals surface area contributed by atoms with E-state index in [4.69, 9.17) is 5.73 Å². The molecule has 0 fully saturated rings. The molecule has 5 heteroatoms. The third kappa shape index (κ3) is 3.22. The van der Waals surface area contributed by atoms with Crippen LogP contribution in [-0.2, 0) is 6.54 Å². The molecule has 0 radical (unpaired) electrons. The van der Waals surface area contributed by atoms with Gasteiger partial charge in [0.2, 0.25) is 0 Å². The molecule has 0 unspecified atom stereocenters. The molecule has 96 valence electrons. The van der Waals surface area contributed by atoms with Crippen LogP contribution in [0.5, 0.6) is 0 Å². The van der Waals surface area contributed by atoms with Gasteiger partial charge < -0.3 is 10.6 Å². The molecule has 0 spiro atoms. The second-order valence-corrected chi connectivity index (χ2v) is 4.08. The van der Waals surface area contributed by atoms with Gasteiger partial charge in [0.15, 0.2) is 5.69 Å². The van der Waals surface area contributed by atoms with E-state index in [0.717, 1.165) is 32.5 Å². The van der Waals surface area contributed by atoms with Gasteiger partial charge in [0.05, 0.1) is 5.69 Å². The molecule has 0 saturated heterocycles. The van der Waals surface area contributed by atoms with Gasteiger partial charge in [0.1, 0.15) is 0 Å². The molecule has 0 aliphatic rings. The van der Waals surface area contributed by atoms with Crippen molar-refractivity contribution in [2.75, 3.05) is 18.8 Å². The Kier molecular flexibility index (Phi) is 5.00. The van der Waals surface area contributed by atoms with Gasteiger partial charge in [0, 0.05) is 25.8 Å². The largest absolute Gasteiger partial charge is 0.396 e. The van der Waals surface area contributed by atoms with Crippen LogP contribution < -0.4 is 5.73 Å². The first kappa shape index (κ1) is 13.5. The van der Waals surface area contributed by atoms with E-state index in [2.05, 4.69) is 18.9 Å². The molecule has 1 heterocycles. The van der Waals surface area contributed by atoms with Gasteiger partial charge in [-0.25, -0.2) is 0 Å². The summed E-state index contributed by atoms with van der Waals surface area (Å²) in [5, 5.41) is 4.21. The quantitative estimate of drug-likeness (QED) is 0.821. The summed E-state index contributed by atoms with van der Waals surface area (Å²) in [4.78, 5) is 14.1. The molecule has 0 aromatic carbocycles. The molecule has 1 amide bonds. The Bertz CT molecular complexity index is 367. The van der Waals surface area contributed by atoms with E-state index in [-0.39, 0.29) is 5.91 Å². The van der Waals surface area contributed by atoms with Crippen LogP contribution in [0.1, 0.15) is 44.1 Å². The van der Waals surface area contributed by atoms with E-state index < -0.39 is 0 Å².